The first-order valence-electron chi connectivity index (χ1n) is 10.8. The molecular weight excluding hydrogens is 402 g/mol. The van der Waals surface area contributed by atoms with E-state index in [9.17, 15) is 4.79 Å². The van der Waals surface area contributed by atoms with Gasteiger partial charge in [-0.15, -0.1) is 12.4 Å². The Kier molecular flexibility index (Phi) is 8.24. The second-order valence-corrected chi connectivity index (χ2v) is 8.17. The summed E-state index contributed by atoms with van der Waals surface area (Å²) in [5.41, 5.74) is 2.20. The molecule has 2 aliphatic heterocycles. The van der Waals surface area contributed by atoms with Crippen molar-refractivity contribution in [2.45, 2.75) is 32.6 Å². The number of hydrogen-bond donors (Lipinski definition) is 1. The van der Waals surface area contributed by atoms with Gasteiger partial charge in [0.05, 0.1) is 0 Å². The summed E-state index contributed by atoms with van der Waals surface area (Å²) in [4.78, 5) is 21.7. The van der Waals surface area contributed by atoms with E-state index in [1.165, 1.54) is 5.56 Å². The van der Waals surface area contributed by atoms with Crippen LogP contribution in [0.15, 0.2) is 28.8 Å². The minimum atomic E-state index is 0. The van der Waals surface area contributed by atoms with Gasteiger partial charge in [-0.25, -0.2) is 0 Å². The lowest BCUT2D eigenvalue weighted by atomic mass is 9.96. The highest BCUT2D eigenvalue weighted by Crippen LogP contribution is 2.18. The third-order valence-electron chi connectivity index (χ3n) is 6.02. The number of hydrogen-bond acceptors (Lipinski definition) is 6. The molecule has 2 saturated heterocycles. The van der Waals surface area contributed by atoms with Crippen molar-refractivity contribution in [2.75, 3.05) is 45.8 Å². The number of piperidine rings is 1. The minimum Gasteiger partial charge on any atom is -0.340 e. The summed E-state index contributed by atoms with van der Waals surface area (Å²) in [6, 6.07) is 8.16. The summed E-state index contributed by atoms with van der Waals surface area (Å²) in [7, 11) is 0. The zero-order chi connectivity index (χ0) is 20.1. The molecule has 0 bridgehead atoms. The van der Waals surface area contributed by atoms with Gasteiger partial charge >= 0.3 is 0 Å². The van der Waals surface area contributed by atoms with Crippen LogP contribution in [0.2, 0.25) is 0 Å². The summed E-state index contributed by atoms with van der Waals surface area (Å²) >= 11 is 0. The van der Waals surface area contributed by atoms with E-state index >= 15 is 0 Å². The van der Waals surface area contributed by atoms with Gasteiger partial charge in [-0.1, -0.05) is 35.0 Å². The van der Waals surface area contributed by atoms with Crippen LogP contribution in [0.5, 0.6) is 0 Å². The molecule has 0 atom stereocenters. The molecule has 164 valence electrons. The molecule has 2 aliphatic rings. The third kappa shape index (κ3) is 5.80. The van der Waals surface area contributed by atoms with E-state index in [2.05, 4.69) is 44.3 Å². The molecule has 2 fully saturated rings. The Hall–Kier alpha value is -1.96. The maximum Gasteiger partial charge on any atom is 0.227 e. The molecule has 1 N–H and O–H groups in total. The summed E-state index contributed by atoms with van der Waals surface area (Å²) < 4.78 is 5.42. The van der Waals surface area contributed by atoms with Crippen LogP contribution < -0.4 is 5.32 Å². The highest BCUT2D eigenvalue weighted by molar-refractivity contribution is 5.85. The Morgan fingerprint density at radius 1 is 1.13 bits per heavy atom. The zero-order valence-electron chi connectivity index (χ0n) is 17.7. The fourth-order valence-corrected chi connectivity index (χ4v) is 4.15. The molecule has 0 aliphatic carbocycles. The van der Waals surface area contributed by atoms with E-state index in [4.69, 9.17) is 4.52 Å². The van der Waals surface area contributed by atoms with Crippen LogP contribution >= 0.6 is 12.4 Å². The van der Waals surface area contributed by atoms with Gasteiger partial charge in [-0.3, -0.25) is 9.69 Å². The van der Waals surface area contributed by atoms with Gasteiger partial charge in [0.2, 0.25) is 17.6 Å². The highest BCUT2D eigenvalue weighted by atomic mass is 35.5. The van der Waals surface area contributed by atoms with Crippen LogP contribution in [0.4, 0.5) is 0 Å². The summed E-state index contributed by atoms with van der Waals surface area (Å²) in [6.45, 7) is 8.60. The zero-order valence-corrected chi connectivity index (χ0v) is 18.5. The Balaban J connectivity index is 0.00000256. The fraction of sp³-hybridized carbons (Fsp3) is 0.591. The summed E-state index contributed by atoms with van der Waals surface area (Å²) in [5.74, 6) is 1.94. The normalized spacial score (nSPS) is 18.2. The number of piperazine rings is 1. The molecule has 1 amide bonds. The van der Waals surface area contributed by atoms with Gasteiger partial charge < -0.3 is 14.7 Å². The number of carbonyl (C=O) groups excluding carboxylic acids is 1. The van der Waals surface area contributed by atoms with Crippen molar-refractivity contribution < 1.29 is 9.32 Å². The lowest BCUT2D eigenvalue weighted by Crippen LogP contribution is -2.51. The molecule has 30 heavy (non-hydrogen) atoms. The van der Waals surface area contributed by atoms with Gasteiger partial charge in [0, 0.05) is 44.1 Å². The smallest absolute Gasteiger partial charge is 0.227 e. The number of rotatable bonds is 6. The van der Waals surface area contributed by atoms with E-state index in [-0.39, 0.29) is 18.3 Å². The van der Waals surface area contributed by atoms with Crippen LogP contribution in [0.1, 0.15) is 30.7 Å². The molecule has 1 aromatic heterocycles. The fourth-order valence-electron chi connectivity index (χ4n) is 4.15. The first-order chi connectivity index (χ1) is 14.2. The number of benzene rings is 1. The Morgan fingerprint density at radius 2 is 1.83 bits per heavy atom. The minimum absolute atomic E-state index is 0. The van der Waals surface area contributed by atoms with E-state index in [1.54, 1.807) is 0 Å². The Morgan fingerprint density at radius 3 is 2.53 bits per heavy atom. The molecule has 3 heterocycles. The topological polar surface area (TPSA) is 74.5 Å². The van der Waals surface area contributed by atoms with Crippen molar-refractivity contribution >= 4 is 18.3 Å². The summed E-state index contributed by atoms with van der Waals surface area (Å²) in [6.07, 6.45) is 3.73. The molecular formula is C22H32ClN5O2. The van der Waals surface area contributed by atoms with E-state index in [1.807, 2.05) is 12.1 Å². The van der Waals surface area contributed by atoms with Gasteiger partial charge in [0.25, 0.3) is 0 Å². The molecule has 0 spiro atoms. The number of amides is 1. The van der Waals surface area contributed by atoms with Crippen molar-refractivity contribution in [3.63, 3.8) is 0 Å². The maximum atomic E-state index is 12.6. The van der Waals surface area contributed by atoms with Gasteiger partial charge in [-0.05, 0) is 45.8 Å². The van der Waals surface area contributed by atoms with Crippen LogP contribution in [0, 0.1) is 12.8 Å². The van der Waals surface area contributed by atoms with E-state index in [0.717, 1.165) is 77.1 Å². The van der Waals surface area contributed by atoms with Gasteiger partial charge in [0.15, 0.2) is 0 Å². The Bertz CT molecular complexity index is 796. The number of halogens is 1. The number of nitrogens with zero attached hydrogens (tertiary/aromatic N) is 4. The van der Waals surface area contributed by atoms with E-state index in [0.29, 0.717) is 17.6 Å². The molecule has 1 aromatic carbocycles. The van der Waals surface area contributed by atoms with Crippen molar-refractivity contribution in [1.29, 1.82) is 0 Å². The van der Waals surface area contributed by atoms with Crippen LogP contribution in [-0.2, 0) is 11.2 Å². The molecule has 8 heteroatoms. The first kappa shape index (κ1) is 22.7. The van der Waals surface area contributed by atoms with E-state index < -0.39 is 0 Å². The average molecular weight is 434 g/mol. The summed E-state index contributed by atoms with van der Waals surface area (Å²) in [5, 5.41) is 7.44. The molecule has 2 aromatic rings. The standard InChI is InChI=1S/C22H31N5O2.ClH/c1-17-4-6-18(7-5-17)21-24-20(29-25-21)3-2-12-26-13-15-27(16-14-26)22(28)19-8-10-23-11-9-19;/h4-7,19,23H,2-3,8-16H2,1H3;1H. The van der Waals surface area contributed by atoms with Crippen molar-refractivity contribution in [1.82, 2.24) is 25.3 Å². The van der Waals surface area contributed by atoms with Gasteiger partial charge in [0.1, 0.15) is 0 Å². The van der Waals surface area contributed by atoms with Crippen LogP contribution in [0.3, 0.4) is 0 Å². The first-order valence-corrected chi connectivity index (χ1v) is 10.8. The second-order valence-electron chi connectivity index (χ2n) is 8.17. The molecule has 0 unspecified atom stereocenters. The molecule has 0 saturated carbocycles. The second kappa shape index (κ2) is 10.9. The van der Waals surface area contributed by atoms with Crippen LogP contribution in [0.25, 0.3) is 11.4 Å². The predicted molar refractivity (Wildman–Crippen MR) is 119 cm³/mol. The van der Waals surface area contributed by atoms with Gasteiger partial charge in [-0.2, -0.15) is 4.98 Å². The number of aromatic nitrogens is 2. The quantitative estimate of drug-likeness (QED) is 0.754. The number of carbonyl (C=O) groups is 1. The lowest BCUT2D eigenvalue weighted by molar-refractivity contribution is -0.138. The number of aryl methyl sites for hydroxylation is 2. The predicted octanol–water partition coefficient (Wildman–Crippen LogP) is 2.54. The van der Waals surface area contributed by atoms with Crippen LogP contribution in [-0.4, -0.2) is 71.7 Å². The molecule has 0 radical (unpaired) electrons. The highest BCUT2D eigenvalue weighted by Gasteiger charge is 2.28. The molecule has 4 rings (SSSR count). The monoisotopic (exact) mass is 433 g/mol. The Labute approximate surface area is 184 Å². The maximum absolute atomic E-state index is 12.6. The number of nitrogens with one attached hydrogen (secondary N) is 1. The van der Waals surface area contributed by atoms with Crippen molar-refractivity contribution in [2.24, 2.45) is 5.92 Å². The SMILES string of the molecule is Cc1ccc(-c2noc(CCCN3CCN(C(=O)C4CCNCC4)CC3)n2)cc1.Cl. The third-order valence-corrected chi connectivity index (χ3v) is 6.02. The molecule has 7 nitrogen and oxygen atoms in total. The lowest BCUT2D eigenvalue weighted by Gasteiger charge is -2.37. The largest absolute Gasteiger partial charge is 0.340 e. The van der Waals surface area contributed by atoms with Crippen molar-refractivity contribution in [3.05, 3.63) is 35.7 Å². The average Bonchev–Trinajstić information content (AvgIpc) is 3.24. The van der Waals surface area contributed by atoms with Crippen molar-refractivity contribution in [3.8, 4) is 11.4 Å².